The zero-order chi connectivity index (χ0) is 16.2. The molecular weight excluding hydrogens is 290 g/mol. The third-order valence-corrected chi connectivity index (χ3v) is 4.61. The predicted molar refractivity (Wildman–Crippen MR) is 83.0 cm³/mol. The first-order valence-electron chi connectivity index (χ1n) is 7.08. The second kappa shape index (κ2) is 7.24. The van der Waals surface area contributed by atoms with E-state index >= 15 is 0 Å². The third kappa shape index (κ3) is 4.98. The van der Waals surface area contributed by atoms with Gasteiger partial charge in [-0.25, -0.2) is 13.1 Å². The van der Waals surface area contributed by atoms with E-state index in [1.165, 1.54) is 6.07 Å². The predicted octanol–water partition coefficient (Wildman–Crippen LogP) is 2.08. The van der Waals surface area contributed by atoms with Crippen LogP contribution in [0.15, 0.2) is 23.1 Å². The Hall–Kier alpha value is -1.11. The lowest BCUT2D eigenvalue weighted by Crippen LogP contribution is -2.41. The van der Waals surface area contributed by atoms with Gasteiger partial charge in [-0.3, -0.25) is 0 Å². The van der Waals surface area contributed by atoms with Crippen LogP contribution in [-0.2, 0) is 10.0 Å². The third-order valence-electron chi connectivity index (χ3n) is 3.13. The van der Waals surface area contributed by atoms with E-state index in [-0.39, 0.29) is 23.5 Å². The van der Waals surface area contributed by atoms with E-state index < -0.39 is 16.1 Å². The summed E-state index contributed by atoms with van der Waals surface area (Å²) in [4.78, 5) is 0.176. The molecule has 0 saturated carbocycles. The molecule has 21 heavy (non-hydrogen) atoms. The Morgan fingerprint density at radius 3 is 2.29 bits per heavy atom. The van der Waals surface area contributed by atoms with Gasteiger partial charge in [0.15, 0.2) is 0 Å². The Labute approximate surface area is 127 Å². The minimum Gasteiger partial charge on any atom is -0.491 e. The molecule has 0 aromatic heterocycles. The molecule has 1 rings (SSSR count). The minimum absolute atomic E-state index is 0.00872. The summed E-state index contributed by atoms with van der Waals surface area (Å²) in [5, 5.41) is 9.26. The molecule has 0 amide bonds. The van der Waals surface area contributed by atoms with Crippen LogP contribution in [0.2, 0.25) is 0 Å². The molecule has 1 atom stereocenters. The molecule has 0 aliphatic heterocycles. The van der Waals surface area contributed by atoms with Crippen LogP contribution in [0, 0.1) is 12.8 Å². The first-order chi connectivity index (χ1) is 9.67. The van der Waals surface area contributed by atoms with Gasteiger partial charge in [0.1, 0.15) is 5.75 Å². The molecule has 6 heteroatoms. The van der Waals surface area contributed by atoms with Crippen molar-refractivity contribution in [3.63, 3.8) is 0 Å². The molecule has 0 unspecified atom stereocenters. The number of aryl methyl sites for hydroxylation is 1. The fourth-order valence-corrected chi connectivity index (χ4v) is 3.29. The highest BCUT2D eigenvalue weighted by atomic mass is 32.2. The monoisotopic (exact) mass is 315 g/mol. The van der Waals surface area contributed by atoms with Crippen LogP contribution in [0.1, 0.15) is 33.3 Å². The Morgan fingerprint density at radius 1 is 1.24 bits per heavy atom. The zero-order valence-corrected chi connectivity index (χ0v) is 14.1. The average molecular weight is 315 g/mol. The number of rotatable bonds is 7. The lowest BCUT2D eigenvalue weighted by molar-refractivity contribution is 0.227. The number of ether oxygens (including phenoxy) is 1. The van der Waals surface area contributed by atoms with Crippen LogP contribution in [0.4, 0.5) is 0 Å². The van der Waals surface area contributed by atoms with Crippen molar-refractivity contribution in [2.75, 3.05) is 6.61 Å². The van der Waals surface area contributed by atoms with E-state index in [1.807, 2.05) is 34.6 Å². The highest BCUT2D eigenvalue weighted by Gasteiger charge is 2.22. The quantitative estimate of drug-likeness (QED) is 0.808. The molecule has 0 aliphatic carbocycles. The van der Waals surface area contributed by atoms with E-state index in [2.05, 4.69) is 4.72 Å². The number of nitrogens with one attached hydrogen (secondary N) is 1. The topological polar surface area (TPSA) is 75.6 Å². The highest BCUT2D eigenvalue weighted by Crippen LogP contribution is 2.23. The fourth-order valence-electron chi connectivity index (χ4n) is 1.83. The second-order valence-electron chi connectivity index (χ2n) is 5.75. The summed E-state index contributed by atoms with van der Waals surface area (Å²) in [6, 6.07) is 4.26. The van der Waals surface area contributed by atoms with Gasteiger partial charge >= 0.3 is 0 Å². The lowest BCUT2D eigenvalue weighted by Gasteiger charge is -2.20. The van der Waals surface area contributed by atoms with Crippen LogP contribution in [-0.4, -0.2) is 32.3 Å². The van der Waals surface area contributed by atoms with Gasteiger partial charge in [-0.15, -0.1) is 0 Å². The normalized spacial score (nSPS) is 13.7. The molecule has 0 aliphatic rings. The van der Waals surface area contributed by atoms with E-state index in [0.717, 1.165) is 5.56 Å². The number of aliphatic hydroxyl groups excluding tert-OH is 1. The van der Waals surface area contributed by atoms with Crippen LogP contribution in [0.5, 0.6) is 5.75 Å². The Bertz CT molecular complexity index is 567. The van der Waals surface area contributed by atoms with Crippen LogP contribution in [0.3, 0.4) is 0 Å². The molecule has 2 N–H and O–H groups in total. The average Bonchev–Trinajstić information content (AvgIpc) is 2.37. The fraction of sp³-hybridized carbons (Fsp3) is 0.600. The Balaban J connectivity index is 3.01. The highest BCUT2D eigenvalue weighted by molar-refractivity contribution is 7.89. The van der Waals surface area contributed by atoms with Gasteiger partial charge in [-0.05, 0) is 50.5 Å². The molecular formula is C15H25NO4S. The molecule has 1 aromatic rings. The van der Waals surface area contributed by atoms with Gasteiger partial charge in [-0.1, -0.05) is 13.8 Å². The lowest BCUT2D eigenvalue weighted by atomic mass is 10.1. The SMILES string of the molecule is Cc1cc(S(=O)(=O)N[C@H](CO)C(C)C)ccc1OC(C)C. The number of sulfonamides is 1. The van der Waals surface area contributed by atoms with Crippen molar-refractivity contribution in [3.05, 3.63) is 23.8 Å². The Kier molecular flexibility index (Phi) is 6.19. The van der Waals surface area contributed by atoms with Gasteiger partial charge in [0.2, 0.25) is 10.0 Å². The number of benzene rings is 1. The summed E-state index contributed by atoms with van der Waals surface area (Å²) in [5.41, 5.74) is 0.761. The summed E-state index contributed by atoms with van der Waals surface area (Å²) in [7, 11) is -3.65. The second-order valence-corrected chi connectivity index (χ2v) is 7.46. The molecule has 120 valence electrons. The summed E-state index contributed by atoms with van der Waals surface area (Å²) in [6.45, 7) is 9.12. The van der Waals surface area contributed by atoms with Crippen LogP contribution >= 0.6 is 0 Å². The van der Waals surface area contributed by atoms with Crippen molar-refractivity contribution in [1.29, 1.82) is 0 Å². The molecule has 0 fully saturated rings. The first kappa shape index (κ1) is 17.9. The van der Waals surface area contributed by atoms with Crippen LogP contribution < -0.4 is 9.46 Å². The summed E-state index contributed by atoms with van der Waals surface area (Å²) in [5.74, 6) is 0.681. The maximum absolute atomic E-state index is 12.3. The summed E-state index contributed by atoms with van der Waals surface area (Å²) < 4.78 is 32.8. The minimum atomic E-state index is -3.65. The smallest absolute Gasteiger partial charge is 0.240 e. The van der Waals surface area contributed by atoms with Crippen molar-refractivity contribution in [1.82, 2.24) is 4.72 Å². The van der Waals surface area contributed by atoms with Crippen molar-refractivity contribution >= 4 is 10.0 Å². The van der Waals surface area contributed by atoms with Gasteiger partial charge in [-0.2, -0.15) is 0 Å². The first-order valence-corrected chi connectivity index (χ1v) is 8.56. The standard InChI is InChI=1S/C15H25NO4S/c1-10(2)14(9-17)16-21(18,19)13-6-7-15(12(5)8-13)20-11(3)4/h6-8,10-11,14,16-17H,9H2,1-5H3/t14-/m1/s1. The van der Waals surface area contributed by atoms with Gasteiger partial charge < -0.3 is 9.84 Å². The number of aliphatic hydroxyl groups is 1. The van der Waals surface area contributed by atoms with Crippen LogP contribution in [0.25, 0.3) is 0 Å². The maximum Gasteiger partial charge on any atom is 0.240 e. The molecule has 0 spiro atoms. The van der Waals surface area contributed by atoms with Gasteiger partial charge in [0.25, 0.3) is 0 Å². The molecule has 0 saturated heterocycles. The number of hydrogen-bond donors (Lipinski definition) is 2. The maximum atomic E-state index is 12.3. The zero-order valence-electron chi connectivity index (χ0n) is 13.3. The Morgan fingerprint density at radius 2 is 1.86 bits per heavy atom. The van der Waals surface area contributed by atoms with Gasteiger partial charge in [0.05, 0.1) is 17.6 Å². The number of hydrogen-bond acceptors (Lipinski definition) is 4. The molecule has 1 aromatic carbocycles. The van der Waals surface area contributed by atoms with Crippen molar-refractivity contribution in [3.8, 4) is 5.75 Å². The summed E-state index contributed by atoms with van der Waals surface area (Å²) >= 11 is 0. The van der Waals surface area contributed by atoms with E-state index in [0.29, 0.717) is 5.75 Å². The van der Waals surface area contributed by atoms with E-state index in [4.69, 9.17) is 4.74 Å². The van der Waals surface area contributed by atoms with Gasteiger partial charge in [0, 0.05) is 6.04 Å². The molecule has 0 heterocycles. The summed E-state index contributed by atoms with van der Waals surface area (Å²) in [6.07, 6.45) is 0.0315. The molecule has 0 bridgehead atoms. The van der Waals surface area contributed by atoms with Crippen molar-refractivity contribution < 1.29 is 18.3 Å². The molecule has 0 radical (unpaired) electrons. The van der Waals surface area contributed by atoms with E-state index in [9.17, 15) is 13.5 Å². The molecule has 5 nitrogen and oxygen atoms in total. The van der Waals surface area contributed by atoms with Crippen molar-refractivity contribution in [2.24, 2.45) is 5.92 Å². The van der Waals surface area contributed by atoms with Crippen molar-refractivity contribution in [2.45, 2.75) is 51.7 Å². The largest absolute Gasteiger partial charge is 0.491 e. The van der Waals surface area contributed by atoms with E-state index in [1.54, 1.807) is 12.1 Å².